The molecule has 3 heteroatoms. The van der Waals surface area contributed by atoms with Crippen molar-refractivity contribution in [1.82, 2.24) is 10.6 Å². The van der Waals surface area contributed by atoms with E-state index in [1.807, 2.05) is 18.8 Å². The Kier molecular flexibility index (Phi) is 9.71. The first-order valence-corrected chi connectivity index (χ1v) is 10.4. The molecule has 0 aliphatic heterocycles. The summed E-state index contributed by atoms with van der Waals surface area (Å²) in [5.41, 5.74) is 2.82. The number of unbranched alkanes of at least 4 members (excludes halogenated alkanes) is 1. The van der Waals surface area contributed by atoms with Crippen LogP contribution < -0.4 is 10.6 Å². The SMILES string of the molecule is CNCCCNC(C)c1ccc(SCCCCc2ccccc2)cc1. The quantitative estimate of drug-likeness (QED) is 0.410. The van der Waals surface area contributed by atoms with E-state index in [1.54, 1.807) is 0 Å². The molecule has 2 aromatic rings. The maximum Gasteiger partial charge on any atom is 0.0291 e. The molecule has 1 atom stereocenters. The van der Waals surface area contributed by atoms with Gasteiger partial charge in [-0.3, -0.25) is 0 Å². The Hall–Kier alpha value is -1.29. The van der Waals surface area contributed by atoms with Crippen LogP contribution in [0.1, 0.15) is 43.4 Å². The van der Waals surface area contributed by atoms with Gasteiger partial charge < -0.3 is 10.6 Å². The van der Waals surface area contributed by atoms with Crippen molar-refractivity contribution in [2.24, 2.45) is 0 Å². The highest BCUT2D eigenvalue weighted by atomic mass is 32.2. The molecule has 0 radical (unpaired) electrons. The zero-order valence-corrected chi connectivity index (χ0v) is 16.4. The fraction of sp³-hybridized carbons (Fsp3) is 0.455. The molecule has 0 saturated carbocycles. The predicted molar refractivity (Wildman–Crippen MR) is 112 cm³/mol. The second-order valence-electron chi connectivity index (χ2n) is 6.49. The topological polar surface area (TPSA) is 24.1 Å². The third-order valence-corrected chi connectivity index (χ3v) is 5.50. The van der Waals surface area contributed by atoms with Gasteiger partial charge in [0.15, 0.2) is 0 Å². The lowest BCUT2D eigenvalue weighted by Crippen LogP contribution is -2.22. The van der Waals surface area contributed by atoms with Crippen LogP contribution in [0, 0.1) is 0 Å². The number of rotatable bonds is 12. The molecule has 2 N–H and O–H groups in total. The number of benzene rings is 2. The minimum Gasteiger partial charge on any atom is -0.320 e. The molecule has 2 rings (SSSR count). The minimum absolute atomic E-state index is 0.418. The fourth-order valence-corrected chi connectivity index (χ4v) is 3.73. The summed E-state index contributed by atoms with van der Waals surface area (Å²) in [7, 11) is 2.00. The summed E-state index contributed by atoms with van der Waals surface area (Å²) in [4.78, 5) is 1.38. The minimum atomic E-state index is 0.418. The summed E-state index contributed by atoms with van der Waals surface area (Å²) in [5.74, 6) is 1.20. The van der Waals surface area contributed by atoms with Crippen LogP contribution in [0.4, 0.5) is 0 Å². The Morgan fingerprint density at radius 3 is 2.36 bits per heavy atom. The Morgan fingerprint density at radius 2 is 1.64 bits per heavy atom. The summed E-state index contributed by atoms with van der Waals surface area (Å²) in [5, 5.41) is 6.77. The van der Waals surface area contributed by atoms with E-state index in [1.165, 1.54) is 41.0 Å². The van der Waals surface area contributed by atoms with Crippen LogP contribution in [0.25, 0.3) is 0 Å². The van der Waals surface area contributed by atoms with Gasteiger partial charge in [-0.25, -0.2) is 0 Å². The first-order valence-electron chi connectivity index (χ1n) is 9.44. The number of thioether (sulfide) groups is 1. The average Bonchev–Trinajstić information content (AvgIpc) is 2.66. The van der Waals surface area contributed by atoms with Gasteiger partial charge in [-0.15, -0.1) is 11.8 Å². The van der Waals surface area contributed by atoms with E-state index in [9.17, 15) is 0 Å². The van der Waals surface area contributed by atoms with Gasteiger partial charge in [-0.2, -0.15) is 0 Å². The van der Waals surface area contributed by atoms with Gasteiger partial charge in [0.05, 0.1) is 0 Å². The number of nitrogens with one attached hydrogen (secondary N) is 2. The van der Waals surface area contributed by atoms with Gasteiger partial charge in [-0.1, -0.05) is 42.5 Å². The second-order valence-corrected chi connectivity index (χ2v) is 7.66. The van der Waals surface area contributed by atoms with E-state index in [4.69, 9.17) is 0 Å². The van der Waals surface area contributed by atoms with Gasteiger partial charge in [0.25, 0.3) is 0 Å². The molecule has 1 unspecified atom stereocenters. The van der Waals surface area contributed by atoms with E-state index in [2.05, 4.69) is 72.2 Å². The molecular formula is C22H32N2S. The van der Waals surface area contributed by atoms with E-state index in [-0.39, 0.29) is 0 Å². The first-order chi connectivity index (χ1) is 12.3. The van der Waals surface area contributed by atoms with Gasteiger partial charge in [0.2, 0.25) is 0 Å². The smallest absolute Gasteiger partial charge is 0.0291 e. The maximum atomic E-state index is 3.58. The Bertz CT molecular complexity index is 568. The van der Waals surface area contributed by atoms with Crippen LogP contribution in [0.5, 0.6) is 0 Å². The Morgan fingerprint density at radius 1 is 0.880 bits per heavy atom. The number of aryl methyl sites for hydroxylation is 1. The van der Waals surface area contributed by atoms with Crippen molar-refractivity contribution < 1.29 is 0 Å². The van der Waals surface area contributed by atoms with Crippen LogP contribution in [0.3, 0.4) is 0 Å². The van der Waals surface area contributed by atoms with Crippen LogP contribution in [-0.4, -0.2) is 25.9 Å². The Balaban J connectivity index is 1.62. The fourth-order valence-electron chi connectivity index (χ4n) is 2.82. The third kappa shape index (κ3) is 8.08. The molecule has 0 aliphatic rings. The van der Waals surface area contributed by atoms with Crippen molar-refractivity contribution in [3.63, 3.8) is 0 Å². The van der Waals surface area contributed by atoms with E-state index in [0.717, 1.165) is 19.5 Å². The van der Waals surface area contributed by atoms with Crippen molar-refractivity contribution in [1.29, 1.82) is 0 Å². The highest BCUT2D eigenvalue weighted by Gasteiger charge is 2.04. The standard InChI is InChI=1S/C22H32N2S/c1-19(24-17-8-16-23-2)21-12-14-22(15-13-21)25-18-7-6-11-20-9-4-3-5-10-20/h3-5,9-10,12-15,19,23-24H,6-8,11,16-18H2,1-2H3. The molecule has 25 heavy (non-hydrogen) atoms. The van der Waals surface area contributed by atoms with Crippen LogP contribution in [-0.2, 0) is 6.42 Å². The van der Waals surface area contributed by atoms with Gasteiger partial charge in [0, 0.05) is 10.9 Å². The second kappa shape index (κ2) is 12.1. The average molecular weight is 357 g/mol. The lowest BCUT2D eigenvalue weighted by atomic mass is 10.1. The van der Waals surface area contributed by atoms with Gasteiger partial charge >= 0.3 is 0 Å². The molecule has 0 heterocycles. The molecule has 0 amide bonds. The largest absolute Gasteiger partial charge is 0.320 e. The van der Waals surface area contributed by atoms with Crippen LogP contribution in [0.15, 0.2) is 59.5 Å². The van der Waals surface area contributed by atoms with E-state index >= 15 is 0 Å². The highest BCUT2D eigenvalue weighted by Crippen LogP contribution is 2.22. The summed E-state index contributed by atoms with van der Waals surface area (Å²) < 4.78 is 0. The molecular weight excluding hydrogens is 324 g/mol. The molecule has 0 spiro atoms. The zero-order chi connectivity index (χ0) is 17.7. The van der Waals surface area contributed by atoms with Gasteiger partial charge in [0.1, 0.15) is 0 Å². The summed E-state index contributed by atoms with van der Waals surface area (Å²) in [6, 6.07) is 20.3. The van der Waals surface area contributed by atoms with Crippen LogP contribution in [0.2, 0.25) is 0 Å². The normalized spacial score (nSPS) is 12.2. The van der Waals surface area contributed by atoms with Crippen LogP contribution >= 0.6 is 11.8 Å². The molecule has 0 bridgehead atoms. The summed E-state index contributed by atoms with van der Waals surface area (Å²) in [6.45, 7) is 4.37. The van der Waals surface area contributed by atoms with Crippen molar-refractivity contribution >= 4 is 11.8 Å². The molecule has 2 nitrogen and oxygen atoms in total. The lowest BCUT2D eigenvalue weighted by molar-refractivity contribution is 0.549. The lowest BCUT2D eigenvalue weighted by Gasteiger charge is -2.14. The third-order valence-electron chi connectivity index (χ3n) is 4.41. The van der Waals surface area contributed by atoms with E-state index < -0.39 is 0 Å². The van der Waals surface area contributed by atoms with Crippen molar-refractivity contribution in [2.75, 3.05) is 25.9 Å². The summed E-state index contributed by atoms with van der Waals surface area (Å²) >= 11 is 1.97. The van der Waals surface area contributed by atoms with Crippen molar-refractivity contribution in [2.45, 2.75) is 43.5 Å². The Labute approximate surface area is 157 Å². The molecule has 0 fully saturated rings. The summed E-state index contributed by atoms with van der Waals surface area (Å²) in [6.07, 6.45) is 4.89. The number of hydrogen-bond donors (Lipinski definition) is 2. The van der Waals surface area contributed by atoms with Crippen molar-refractivity contribution in [3.8, 4) is 0 Å². The molecule has 2 aromatic carbocycles. The van der Waals surface area contributed by atoms with E-state index in [0.29, 0.717) is 6.04 Å². The highest BCUT2D eigenvalue weighted by molar-refractivity contribution is 7.99. The molecule has 0 saturated heterocycles. The molecule has 0 aliphatic carbocycles. The maximum absolute atomic E-state index is 3.58. The predicted octanol–water partition coefficient (Wildman–Crippen LogP) is 5.06. The number of hydrogen-bond acceptors (Lipinski definition) is 3. The first kappa shape index (κ1) is 20.0. The van der Waals surface area contributed by atoms with Crippen molar-refractivity contribution in [3.05, 3.63) is 65.7 Å². The van der Waals surface area contributed by atoms with Gasteiger partial charge in [-0.05, 0) is 81.8 Å². The molecule has 0 aromatic heterocycles. The monoisotopic (exact) mass is 356 g/mol. The zero-order valence-electron chi connectivity index (χ0n) is 15.6. The molecule has 136 valence electrons.